The van der Waals surface area contributed by atoms with Gasteiger partial charge < -0.3 is 0 Å². The molecular formula is C11H21O8P. The summed E-state index contributed by atoms with van der Waals surface area (Å²) in [4.78, 5) is 24.1. The fourth-order valence-corrected chi connectivity index (χ4v) is 4.74. The average Bonchev–Trinajstić information content (AvgIpc) is 2.67. The molecule has 1 heterocycles. The Balaban J connectivity index is 3.54. The van der Waals surface area contributed by atoms with E-state index >= 15 is 0 Å². The molecule has 0 spiro atoms. The molecule has 0 aromatic heterocycles. The van der Waals surface area contributed by atoms with Crippen LogP contribution in [0.5, 0.6) is 0 Å². The number of ketones is 1. The summed E-state index contributed by atoms with van der Waals surface area (Å²) < 4.78 is 31.6. The van der Waals surface area contributed by atoms with Crippen molar-refractivity contribution >= 4 is 19.5 Å². The molecule has 1 saturated heterocycles. The van der Waals surface area contributed by atoms with E-state index in [-0.39, 0.29) is 0 Å². The summed E-state index contributed by atoms with van der Waals surface area (Å²) in [6.07, 6.45) is 0. The van der Waals surface area contributed by atoms with Crippen LogP contribution in [0.4, 0.5) is 0 Å². The number of hydrogen-bond acceptors (Lipinski definition) is 8. The van der Waals surface area contributed by atoms with Gasteiger partial charge in [0.2, 0.25) is 0 Å². The zero-order valence-electron chi connectivity index (χ0n) is 12.7. The summed E-state index contributed by atoms with van der Waals surface area (Å²) in [5.41, 5.74) is -3.45. The molecule has 0 bridgehead atoms. The summed E-state index contributed by atoms with van der Waals surface area (Å²) in [5, 5.41) is 0. The Morgan fingerprint density at radius 2 is 1.30 bits per heavy atom. The summed E-state index contributed by atoms with van der Waals surface area (Å²) >= 11 is 0. The van der Waals surface area contributed by atoms with Gasteiger partial charge >= 0.3 is 117 Å². The fraction of sp³-hybridized carbons (Fsp3) is 0.818. The molecule has 2 unspecified atom stereocenters. The second-order valence-corrected chi connectivity index (χ2v) is 7.54. The Bertz CT molecular complexity index is 423. The van der Waals surface area contributed by atoms with Crippen molar-refractivity contribution in [2.75, 3.05) is 28.4 Å². The standard InChI is InChI=1S/C11H21O8P/c1-8(12)10(2)11(3,9(13)14-4)19-20(15-5,16-6,17-7)18-10/h1-7H3. The first kappa shape index (κ1) is 17.4. The Hall–Kier alpha value is -0.630. The van der Waals surface area contributed by atoms with Gasteiger partial charge in [0.05, 0.1) is 0 Å². The normalized spacial score (nSPS) is 36.9. The molecule has 1 fully saturated rings. The maximum absolute atomic E-state index is 12.1. The van der Waals surface area contributed by atoms with E-state index in [0.29, 0.717) is 0 Å². The number of Topliss-reactive ketones (excluding diaryl/α,β-unsaturated/α-hetero) is 1. The van der Waals surface area contributed by atoms with Gasteiger partial charge in [-0.15, -0.1) is 0 Å². The molecule has 1 aliphatic rings. The topological polar surface area (TPSA) is 89.5 Å². The molecular weight excluding hydrogens is 291 g/mol. The van der Waals surface area contributed by atoms with Crippen LogP contribution in [0, 0.1) is 0 Å². The number of methoxy groups -OCH3 is 1. The van der Waals surface area contributed by atoms with Gasteiger partial charge in [-0.2, -0.15) is 0 Å². The van der Waals surface area contributed by atoms with Crippen LogP contribution in [-0.2, 0) is 36.9 Å². The average molecular weight is 312 g/mol. The summed E-state index contributed by atoms with van der Waals surface area (Å²) in [7, 11) is 0.388. The quantitative estimate of drug-likeness (QED) is 0.555. The first-order valence-corrected chi connectivity index (χ1v) is 7.64. The number of carbonyl (C=O) groups is 2. The van der Waals surface area contributed by atoms with Crippen molar-refractivity contribution in [2.45, 2.75) is 32.0 Å². The molecule has 0 saturated carbocycles. The molecule has 118 valence electrons. The Morgan fingerprint density at radius 3 is 1.60 bits per heavy atom. The van der Waals surface area contributed by atoms with Gasteiger partial charge in [-0.05, 0) is 0 Å². The molecule has 0 aromatic rings. The van der Waals surface area contributed by atoms with Crippen molar-refractivity contribution in [3.8, 4) is 0 Å². The third-order valence-electron chi connectivity index (χ3n) is 3.71. The molecule has 0 radical (unpaired) electrons. The van der Waals surface area contributed by atoms with Crippen LogP contribution in [0.25, 0.3) is 0 Å². The van der Waals surface area contributed by atoms with Crippen LogP contribution in [-0.4, -0.2) is 51.4 Å². The van der Waals surface area contributed by atoms with Gasteiger partial charge in [0, 0.05) is 0 Å². The summed E-state index contributed by atoms with van der Waals surface area (Å²) in [5.74, 6) is -1.25. The Labute approximate surface area is 117 Å². The van der Waals surface area contributed by atoms with Gasteiger partial charge in [-0.3, -0.25) is 0 Å². The Morgan fingerprint density at radius 1 is 0.900 bits per heavy atom. The number of esters is 1. The first-order valence-electron chi connectivity index (χ1n) is 5.82. The number of rotatable bonds is 5. The SMILES string of the molecule is COC(=O)C1(C)OP(OC)(OC)(OC)OC1(C)C(C)=O. The van der Waals surface area contributed by atoms with Gasteiger partial charge in [-0.25, -0.2) is 0 Å². The van der Waals surface area contributed by atoms with E-state index in [4.69, 9.17) is 27.4 Å². The van der Waals surface area contributed by atoms with Crippen molar-refractivity contribution in [3.05, 3.63) is 0 Å². The third-order valence-corrected chi connectivity index (χ3v) is 6.83. The van der Waals surface area contributed by atoms with Crippen LogP contribution in [0.3, 0.4) is 0 Å². The zero-order valence-corrected chi connectivity index (χ0v) is 13.6. The molecule has 0 N–H and O–H groups in total. The molecule has 1 aliphatic heterocycles. The first-order chi connectivity index (χ1) is 9.08. The van der Waals surface area contributed by atoms with Gasteiger partial charge in [-0.1, -0.05) is 0 Å². The molecule has 0 aliphatic carbocycles. The van der Waals surface area contributed by atoms with Crippen molar-refractivity contribution in [3.63, 3.8) is 0 Å². The van der Waals surface area contributed by atoms with E-state index in [1.165, 1.54) is 49.2 Å². The van der Waals surface area contributed by atoms with E-state index in [1.54, 1.807) is 0 Å². The van der Waals surface area contributed by atoms with Crippen molar-refractivity contribution in [1.82, 2.24) is 0 Å². The molecule has 20 heavy (non-hydrogen) atoms. The van der Waals surface area contributed by atoms with Gasteiger partial charge in [0.25, 0.3) is 0 Å². The van der Waals surface area contributed by atoms with E-state index in [9.17, 15) is 9.59 Å². The number of hydrogen-bond donors (Lipinski definition) is 0. The van der Waals surface area contributed by atoms with E-state index in [1.807, 2.05) is 0 Å². The number of carbonyl (C=O) groups excluding carboxylic acids is 2. The monoisotopic (exact) mass is 312 g/mol. The van der Waals surface area contributed by atoms with Crippen LogP contribution >= 0.6 is 7.74 Å². The Kier molecular flexibility index (Phi) is 4.34. The second kappa shape index (κ2) is 4.98. The third kappa shape index (κ3) is 1.99. The number of ether oxygens (including phenoxy) is 1. The zero-order chi connectivity index (χ0) is 15.8. The molecule has 1 rings (SSSR count). The van der Waals surface area contributed by atoms with Crippen molar-refractivity contribution in [2.24, 2.45) is 0 Å². The van der Waals surface area contributed by atoms with Crippen molar-refractivity contribution in [1.29, 1.82) is 0 Å². The second-order valence-electron chi connectivity index (χ2n) is 4.59. The minimum absolute atomic E-state index is 0.456. The molecule has 9 heteroatoms. The van der Waals surface area contributed by atoms with Crippen LogP contribution in [0.15, 0.2) is 0 Å². The van der Waals surface area contributed by atoms with Crippen LogP contribution < -0.4 is 0 Å². The minimum atomic E-state index is -4.52. The van der Waals surface area contributed by atoms with E-state index < -0.39 is 30.7 Å². The molecule has 8 nitrogen and oxygen atoms in total. The van der Waals surface area contributed by atoms with Gasteiger partial charge in [0.15, 0.2) is 0 Å². The maximum atomic E-state index is 12.1. The summed E-state index contributed by atoms with van der Waals surface area (Å²) in [6, 6.07) is 0. The van der Waals surface area contributed by atoms with E-state index in [2.05, 4.69) is 0 Å². The summed E-state index contributed by atoms with van der Waals surface area (Å²) in [6.45, 7) is 4.03. The molecule has 2 atom stereocenters. The predicted molar refractivity (Wildman–Crippen MR) is 69.6 cm³/mol. The predicted octanol–water partition coefficient (Wildman–Crippen LogP) is 1.38. The van der Waals surface area contributed by atoms with Crippen molar-refractivity contribution < 1.29 is 36.9 Å². The fourth-order valence-electron chi connectivity index (χ4n) is 2.06. The molecule has 0 aromatic carbocycles. The molecule has 0 amide bonds. The van der Waals surface area contributed by atoms with Crippen LogP contribution in [0.2, 0.25) is 0 Å². The van der Waals surface area contributed by atoms with Gasteiger partial charge in [0.1, 0.15) is 0 Å². The van der Waals surface area contributed by atoms with Crippen LogP contribution in [0.1, 0.15) is 20.8 Å². The van der Waals surface area contributed by atoms with E-state index in [0.717, 1.165) is 0 Å².